The molecule has 0 saturated carbocycles. The average Bonchev–Trinajstić information content (AvgIpc) is 2.29. The minimum atomic E-state index is 0.439. The summed E-state index contributed by atoms with van der Waals surface area (Å²) in [4.78, 5) is 4.01. The SMILES string of the molecule is CC1(CNc2ccncc2)CCNCC1. The van der Waals surface area contributed by atoms with Gasteiger partial charge < -0.3 is 10.6 Å². The molecule has 1 aliphatic rings. The molecule has 15 heavy (non-hydrogen) atoms. The van der Waals surface area contributed by atoms with Crippen molar-refractivity contribution in [2.45, 2.75) is 19.8 Å². The zero-order valence-corrected chi connectivity index (χ0v) is 9.29. The van der Waals surface area contributed by atoms with Crippen LogP contribution in [-0.4, -0.2) is 24.6 Å². The molecule has 1 saturated heterocycles. The minimum absolute atomic E-state index is 0.439. The van der Waals surface area contributed by atoms with Crippen molar-refractivity contribution in [3.63, 3.8) is 0 Å². The van der Waals surface area contributed by atoms with Crippen molar-refractivity contribution in [3.05, 3.63) is 24.5 Å². The highest BCUT2D eigenvalue weighted by Crippen LogP contribution is 2.27. The first kappa shape index (κ1) is 10.4. The Labute approximate surface area is 91.3 Å². The predicted molar refractivity (Wildman–Crippen MR) is 62.9 cm³/mol. The molecular formula is C12H19N3. The van der Waals surface area contributed by atoms with Gasteiger partial charge in [-0.05, 0) is 43.5 Å². The van der Waals surface area contributed by atoms with Crippen molar-refractivity contribution < 1.29 is 0 Å². The maximum Gasteiger partial charge on any atom is 0.0371 e. The number of anilines is 1. The number of nitrogens with zero attached hydrogens (tertiary/aromatic N) is 1. The standard InChI is InChI=1S/C12H19N3/c1-12(4-8-14-9-5-12)10-15-11-2-6-13-7-3-11/h2-3,6-7,14H,4-5,8-10H2,1H3,(H,13,15). The number of piperidine rings is 1. The lowest BCUT2D eigenvalue weighted by Crippen LogP contribution is -2.39. The summed E-state index contributed by atoms with van der Waals surface area (Å²) in [5, 5.41) is 6.89. The molecule has 0 bridgehead atoms. The van der Waals surface area contributed by atoms with Crippen molar-refractivity contribution in [1.82, 2.24) is 10.3 Å². The molecule has 2 N–H and O–H groups in total. The van der Waals surface area contributed by atoms with Gasteiger partial charge in [0.2, 0.25) is 0 Å². The molecule has 0 aromatic carbocycles. The monoisotopic (exact) mass is 205 g/mol. The molecule has 2 rings (SSSR count). The van der Waals surface area contributed by atoms with Gasteiger partial charge in [0.1, 0.15) is 0 Å². The Morgan fingerprint density at radius 2 is 2.00 bits per heavy atom. The number of aromatic nitrogens is 1. The molecule has 0 atom stereocenters. The van der Waals surface area contributed by atoms with Crippen LogP contribution in [0.1, 0.15) is 19.8 Å². The molecule has 0 unspecified atom stereocenters. The van der Waals surface area contributed by atoms with Crippen LogP contribution in [0.4, 0.5) is 5.69 Å². The first-order valence-corrected chi connectivity index (χ1v) is 5.63. The van der Waals surface area contributed by atoms with Crippen LogP contribution >= 0.6 is 0 Å². The zero-order chi connectivity index (χ0) is 10.6. The largest absolute Gasteiger partial charge is 0.384 e. The van der Waals surface area contributed by atoms with Gasteiger partial charge >= 0.3 is 0 Å². The van der Waals surface area contributed by atoms with Crippen LogP contribution in [0, 0.1) is 5.41 Å². The van der Waals surface area contributed by atoms with Crippen LogP contribution in [0.15, 0.2) is 24.5 Å². The summed E-state index contributed by atoms with van der Waals surface area (Å²) >= 11 is 0. The smallest absolute Gasteiger partial charge is 0.0371 e. The minimum Gasteiger partial charge on any atom is -0.384 e. The lowest BCUT2D eigenvalue weighted by Gasteiger charge is -2.34. The highest BCUT2D eigenvalue weighted by atomic mass is 14.9. The van der Waals surface area contributed by atoms with Crippen LogP contribution in [0.3, 0.4) is 0 Å². The molecule has 1 aromatic rings. The van der Waals surface area contributed by atoms with Gasteiger partial charge in [-0.15, -0.1) is 0 Å². The molecule has 1 fully saturated rings. The third kappa shape index (κ3) is 2.93. The molecule has 0 amide bonds. The van der Waals surface area contributed by atoms with Gasteiger partial charge in [0.25, 0.3) is 0 Å². The molecular weight excluding hydrogens is 186 g/mol. The normalized spacial score (nSPS) is 19.8. The summed E-state index contributed by atoms with van der Waals surface area (Å²) in [6, 6.07) is 4.04. The summed E-state index contributed by atoms with van der Waals surface area (Å²) in [5.41, 5.74) is 1.61. The first-order chi connectivity index (χ1) is 7.29. The van der Waals surface area contributed by atoms with E-state index < -0.39 is 0 Å². The highest BCUT2D eigenvalue weighted by Gasteiger charge is 2.26. The zero-order valence-electron chi connectivity index (χ0n) is 9.29. The maximum absolute atomic E-state index is 4.01. The third-order valence-electron chi connectivity index (χ3n) is 3.21. The number of hydrogen-bond acceptors (Lipinski definition) is 3. The molecule has 0 aliphatic carbocycles. The van der Waals surface area contributed by atoms with Crippen LogP contribution < -0.4 is 10.6 Å². The Morgan fingerprint density at radius 3 is 2.67 bits per heavy atom. The second kappa shape index (κ2) is 4.62. The highest BCUT2D eigenvalue weighted by molar-refractivity contribution is 5.40. The number of rotatable bonds is 3. The Kier molecular flexibility index (Phi) is 3.21. The lowest BCUT2D eigenvalue weighted by atomic mass is 9.81. The van der Waals surface area contributed by atoms with E-state index in [9.17, 15) is 0 Å². The van der Waals surface area contributed by atoms with E-state index in [0.717, 1.165) is 19.6 Å². The number of pyridine rings is 1. The topological polar surface area (TPSA) is 37.0 Å². The second-order valence-corrected chi connectivity index (χ2v) is 4.65. The molecule has 0 radical (unpaired) electrons. The van der Waals surface area contributed by atoms with Crippen LogP contribution in [-0.2, 0) is 0 Å². The molecule has 1 aliphatic heterocycles. The van der Waals surface area contributed by atoms with E-state index in [1.807, 2.05) is 24.5 Å². The van der Waals surface area contributed by atoms with Crippen LogP contribution in [0.25, 0.3) is 0 Å². The average molecular weight is 205 g/mol. The molecule has 2 heterocycles. The van der Waals surface area contributed by atoms with Crippen molar-refractivity contribution in [3.8, 4) is 0 Å². The summed E-state index contributed by atoms with van der Waals surface area (Å²) in [6.07, 6.45) is 6.16. The summed E-state index contributed by atoms with van der Waals surface area (Å²) in [5.74, 6) is 0. The summed E-state index contributed by atoms with van der Waals surface area (Å²) < 4.78 is 0. The van der Waals surface area contributed by atoms with Gasteiger partial charge in [-0.2, -0.15) is 0 Å². The van der Waals surface area contributed by atoms with Gasteiger partial charge in [-0.3, -0.25) is 4.98 Å². The van der Waals surface area contributed by atoms with Crippen molar-refractivity contribution in [1.29, 1.82) is 0 Å². The first-order valence-electron chi connectivity index (χ1n) is 5.63. The van der Waals surface area contributed by atoms with E-state index in [1.54, 1.807) is 0 Å². The predicted octanol–water partition coefficient (Wildman–Crippen LogP) is 1.88. The van der Waals surface area contributed by atoms with E-state index in [0.29, 0.717) is 5.41 Å². The van der Waals surface area contributed by atoms with Gasteiger partial charge in [-0.25, -0.2) is 0 Å². The molecule has 82 valence electrons. The van der Waals surface area contributed by atoms with Crippen molar-refractivity contribution in [2.75, 3.05) is 25.0 Å². The van der Waals surface area contributed by atoms with Crippen LogP contribution in [0.5, 0.6) is 0 Å². The van der Waals surface area contributed by atoms with Crippen LogP contribution in [0.2, 0.25) is 0 Å². The van der Waals surface area contributed by atoms with Crippen molar-refractivity contribution in [2.24, 2.45) is 5.41 Å². The molecule has 0 spiro atoms. The second-order valence-electron chi connectivity index (χ2n) is 4.65. The van der Waals surface area contributed by atoms with E-state index in [1.165, 1.54) is 18.5 Å². The van der Waals surface area contributed by atoms with E-state index >= 15 is 0 Å². The quantitative estimate of drug-likeness (QED) is 0.791. The number of hydrogen-bond donors (Lipinski definition) is 2. The number of nitrogens with one attached hydrogen (secondary N) is 2. The molecule has 3 heteroatoms. The Hall–Kier alpha value is -1.09. The van der Waals surface area contributed by atoms with Crippen molar-refractivity contribution >= 4 is 5.69 Å². The summed E-state index contributed by atoms with van der Waals surface area (Å²) in [6.45, 7) is 5.71. The van der Waals surface area contributed by atoms with Gasteiger partial charge in [-0.1, -0.05) is 6.92 Å². The molecule has 3 nitrogen and oxygen atoms in total. The Morgan fingerprint density at radius 1 is 1.33 bits per heavy atom. The summed E-state index contributed by atoms with van der Waals surface area (Å²) in [7, 11) is 0. The lowest BCUT2D eigenvalue weighted by molar-refractivity contribution is 0.247. The fourth-order valence-corrected chi connectivity index (χ4v) is 1.99. The van der Waals surface area contributed by atoms with Gasteiger partial charge in [0, 0.05) is 24.6 Å². The maximum atomic E-state index is 4.01. The van der Waals surface area contributed by atoms with Gasteiger partial charge in [0.05, 0.1) is 0 Å². The molecule has 1 aromatic heterocycles. The van der Waals surface area contributed by atoms with E-state index in [-0.39, 0.29) is 0 Å². The Bertz CT molecular complexity index is 291. The van der Waals surface area contributed by atoms with E-state index in [2.05, 4.69) is 22.5 Å². The van der Waals surface area contributed by atoms with E-state index in [4.69, 9.17) is 0 Å². The fourth-order valence-electron chi connectivity index (χ4n) is 1.99. The Balaban J connectivity index is 1.87. The third-order valence-corrected chi connectivity index (χ3v) is 3.21. The fraction of sp³-hybridized carbons (Fsp3) is 0.583. The van der Waals surface area contributed by atoms with Gasteiger partial charge in [0.15, 0.2) is 0 Å².